The summed E-state index contributed by atoms with van der Waals surface area (Å²) < 4.78 is 2.80. The standard InChI is InChI=1S/C16H8BrClN2O2S/c17-9-5-8(14(21)10(18)7-9)6-13-15(22)20-12-4-2-1-3-11(12)19-16(20)23-13/h1-7,21H/b13-6-. The molecule has 1 N–H and O–H groups in total. The molecule has 0 atom stereocenters. The van der Waals surface area contributed by atoms with Gasteiger partial charge in [-0.15, -0.1) is 0 Å². The molecule has 0 aliphatic carbocycles. The number of para-hydroxylation sites is 2. The first-order valence-corrected chi connectivity index (χ1v) is 8.63. The van der Waals surface area contributed by atoms with Crippen molar-refractivity contribution < 1.29 is 5.11 Å². The van der Waals surface area contributed by atoms with Gasteiger partial charge < -0.3 is 5.11 Å². The van der Waals surface area contributed by atoms with Crippen LogP contribution in [0.15, 0.2) is 45.7 Å². The Morgan fingerprint density at radius 3 is 2.91 bits per heavy atom. The molecule has 0 fully saturated rings. The first kappa shape index (κ1) is 14.7. The Hall–Kier alpha value is -1.89. The Balaban J connectivity index is 2.04. The van der Waals surface area contributed by atoms with Crippen molar-refractivity contribution in [2.75, 3.05) is 0 Å². The highest BCUT2D eigenvalue weighted by Crippen LogP contribution is 2.31. The van der Waals surface area contributed by atoms with Gasteiger partial charge in [-0.2, -0.15) is 0 Å². The highest BCUT2D eigenvalue weighted by atomic mass is 79.9. The zero-order valence-electron chi connectivity index (χ0n) is 11.5. The number of thiazole rings is 1. The molecular formula is C16H8BrClN2O2S. The fourth-order valence-corrected chi connectivity index (χ4v) is 4.26. The van der Waals surface area contributed by atoms with Crippen molar-refractivity contribution in [3.63, 3.8) is 0 Å². The average Bonchev–Trinajstić information content (AvgIpc) is 3.01. The number of aromatic hydroxyl groups is 1. The maximum absolute atomic E-state index is 12.7. The van der Waals surface area contributed by atoms with Crippen molar-refractivity contribution in [2.24, 2.45) is 0 Å². The van der Waals surface area contributed by atoms with Crippen molar-refractivity contribution in [1.82, 2.24) is 9.38 Å². The molecule has 0 saturated carbocycles. The van der Waals surface area contributed by atoms with Crippen LogP contribution >= 0.6 is 38.9 Å². The van der Waals surface area contributed by atoms with Crippen LogP contribution in [0.1, 0.15) is 5.56 Å². The lowest BCUT2D eigenvalue weighted by atomic mass is 10.2. The first-order chi connectivity index (χ1) is 11.0. The van der Waals surface area contributed by atoms with Crippen LogP contribution < -0.4 is 10.1 Å². The number of hydrogen-bond acceptors (Lipinski definition) is 4. The van der Waals surface area contributed by atoms with E-state index in [1.165, 1.54) is 11.3 Å². The number of fused-ring (bicyclic) bond motifs is 3. The predicted molar refractivity (Wildman–Crippen MR) is 96.4 cm³/mol. The number of aromatic nitrogens is 2. The smallest absolute Gasteiger partial charge is 0.274 e. The van der Waals surface area contributed by atoms with Crippen molar-refractivity contribution >= 4 is 60.9 Å². The lowest BCUT2D eigenvalue weighted by Gasteiger charge is -2.01. The monoisotopic (exact) mass is 406 g/mol. The van der Waals surface area contributed by atoms with Crippen molar-refractivity contribution in [3.05, 3.63) is 66.3 Å². The number of phenolic OH excluding ortho intramolecular Hbond substituents is 1. The van der Waals surface area contributed by atoms with Gasteiger partial charge in [-0.25, -0.2) is 9.38 Å². The van der Waals surface area contributed by atoms with Crippen LogP contribution in [0.5, 0.6) is 5.75 Å². The number of nitrogens with zero attached hydrogens (tertiary/aromatic N) is 2. The minimum Gasteiger partial charge on any atom is -0.506 e. The van der Waals surface area contributed by atoms with Crippen LogP contribution in [0.2, 0.25) is 5.02 Å². The normalized spacial score (nSPS) is 12.5. The number of halogens is 2. The van der Waals surface area contributed by atoms with Gasteiger partial charge in [-0.05, 0) is 30.3 Å². The van der Waals surface area contributed by atoms with Crippen LogP contribution in [0, 0.1) is 0 Å². The average molecular weight is 408 g/mol. The van der Waals surface area contributed by atoms with Crippen LogP contribution in [-0.4, -0.2) is 14.5 Å². The Kier molecular flexibility index (Phi) is 3.41. The molecule has 0 aliphatic heterocycles. The van der Waals surface area contributed by atoms with E-state index in [0.717, 1.165) is 15.5 Å². The quantitative estimate of drug-likeness (QED) is 0.525. The third-order valence-corrected chi connectivity index (χ3v) is 5.20. The summed E-state index contributed by atoms with van der Waals surface area (Å²) >= 11 is 10.6. The molecular weight excluding hydrogens is 400 g/mol. The van der Waals surface area contributed by atoms with Crippen molar-refractivity contribution in [1.29, 1.82) is 0 Å². The zero-order chi connectivity index (χ0) is 16.1. The van der Waals surface area contributed by atoms with Gasteiger partial charge in [-0.3, -0.25) is 4.79 Å². The maximum atomic E-state index is 12.7. The molecule has 114 valence electrons. The molecule has 4 aromatic rings. The van der Waals surface area contributed by atoms with Crippen LogP contribution in [-0.2, 0) is 0 Å². The molecule has 4 rings (SSSR count). The summed E-state index contributed by atoms with van der Waals surface area (Å²) in [5, 5.41) is 10.3. The summed E-state index contributed by atoms with van der Waals surface area (Å²) in [7, 11) is 0. The lowest BCUT2D eigenvalue weighted by molar-refractivity contribution is 0.474. The third-order valence-electron chi connectivity index (χ3n) is 3.49. The minimum absolute atomic E-state index is 0.0508. The Bertz CT molecular complexity index is 1180. The van der Waals surface area contributed by atoms with E-state index in [2.05, 4.69) is 20.9 Å². The SMILES string of the molecule is O=c1/c(=C/c2cc(Br)cc(Cl)c2O)sc2nc3ccccc3n12. The molecule has 0 spiro atoms. The van der Waals surface area contributed by atoms with Gasteiger partial charge in [0, 0.05) is 10.0 Å². The molecule has 0 bridgehead atoms. The summed E-state index contributed by atoms with van der Waals surface area (Å²) in [5.41, 5.74) is 1.89. The van der Waals surface area contributed by atoms with Gasteiger partial charge in [0.1, 0.15) is 5.75 Å². The number of imidazole rings is 1. The molecule has 2 aromatic heterocycles. The highest BCUT2D eigenvalue weighted by Gasteiger charge is 2.12. The summed E-state index contributed by atoms with van der Waals surface area (Å²) in [5.74, 6) is -0.0508. The summed E-state index contributed by atoms with van der Waals surface area (Å²) in [4.78, 5) is 17.8. The molecule has 4 nitrogen and oxygen atoms in total. The zero-order valence-corrected chi connectivity index (χ0v) is 14.6. The van der Waals surface area contributed by atoms with Crippen molar-refractivity contribution in [2.45, 2.75) is 0 Å². The fourth-order valence-electron chi connectivity index (χ4n) is 2.45. The van der Waals surface area contributed by atoms with Gasteiger partial charge in [0.25, 0.3) is 5.56 Å². The molecule has 7 heteroatoms. The number of rotatable bonds is 1. The van der Waals surface area contributed by atoms with Gasteiger partial charge in [0.15, 0.2) is 4.96 Å². The van der Waals surface area contributed by atoms with Gasteiger partial charge in [0.2, 0.25) is 0 Å². The largest absolute Gasteiger partial charge is 0.506 e. The van der Waals surface area contributed by atoms with E-state index in [0.29, 0.717) is 15.1 Å². The van der Waals surface area contributed by atoms with Crippen molar-refractivity contribution in [3.8, 4) is 5.75 Å². The Morgan fingerprint density at radius 1 is 1.30 bits per heavy atom. The fraction of sp³-hybridized carbons (Fsp3) is 0. The topological polar surface area (TPSA) is 54.6 Å². The summed E-state index contributed by atoms with van der Waals surface area (Å²) in [6.07, 6.45) is 1.63. The molecule has 2 aromatic carbocycles. The number of phenols is 1. The molecule has 0 unspecified atom stereocenters. The third kappa shape index (κ3) is 2.34. The first-order valence-electron chi connectivity index (χ1n) is 6.64. The van der Waals surface area contributed by atoms with Gasteiger partial charge >= 0.3 is 0 Å². The second-order valence-corrected chi connectivity index (χ2v) is 7.29. The minimum atomic E-state index is -0.158. The molecule has 23 heavy (non-hydrogen) atoms. The molecule has 2 heterocycles. The van der Waals surface area contributed by atoms with E-state index in [1.807, 2.05) is 24.3 Å². The van der Waals surface area contributed by atoms with E-state index in [-0.39, 0.29) is 16.3 Å². The van der Waals surface area contributed by atoms with Crippen LogP contribution in [0.3, 0.4) is 0 Å². The Labute approximate surface area is 147 Å². The highest BCUT2D eigenvalue weighted by molar-refractivity contribution is 9.10. The molecule has 0 amide bonds. The van der Waals surface area contributed by atoms with Crippen LogP contribution in [0.25, 0.3) is 22.1 Å². The van der Waals surface area contributed by atoms with Gasteiger partial charge in [0.05, 0.1) is 20.6 Å². The Morgan fingerprint density at radius 2 is 2.09 bits per heavy atom. The predicted octanol–water partition coefficient (Wildman–Crippen LogP) is 3.58. The second-order valence-electron chi connectivity index (χ2n) is 4.96. The molecule has 0 radical (unpaired) electrons. The number of hydrogen-bond donors (Lipinski definition) is 1. The summed E-state index contributed by atoms with van der Waals surface area (Å²) in [6, 6.07) is 10.8. The van der Waals surface area contributed by atoms with E-state index in [4.69, 9.17) is 11.6 Å². The molecule has 0 saturated heterocycles. The van der Waals surface area contributed by atoms with E-state index < -0.39 is 0 Å². The summed E-state index contributed by atoms with van der Waals surface area (Å²) in [6.45, 7) is 0. The lowest BCUT2D eigenvalue weighted by Crippen LogP contribution is -2.22. The van der Waals surface area contributed by atoms with E-state index in [1.54, 1.807) is 22.6 Å². The van der Waals surface area contributed by atoms with E-state index in [9.17, 15) is 9.90 Å². The second kappa shape index (κ2) is 5.33. The maximum Gasteiger partial charge on any atom is 0.274 e. The number of benzene rings is 2. The van der Waals surface area contributed by atoms with Gasteiger partial charge in [-0.1, -0.05) is 51.0 Å². The van der Waals surface area contributed by atoms with E-state index >= 15 is 0 Å². The molecule has 0 aliphatic rings. The van der Waals surface area contributed by atoms with Crippen LogP contribution in [0.4, 0.5) is 0 Å².